The smallest absolute Gasteiger partial charge is 0.342 e. The molecule has 0 fully saturated rings. The summed E-state index contributed by atoms with van der Waals surface area (Å²) in [6, 6.07) is 0.713. The first-order chi connectivity index (χ1) is 7.64. The highest BCUT2D eigenvalue weighted by molar-refractivity contribution is 7.90. The Balaban J connectivity index is 3.69. The van der Waals surface area contributed by atoms with E-state index < -0.39 is 42.7 Å². The molecule has 0 saturated heterocycles. The Kier molecular flexibility index (Phi) is 3.14. The third-order valence-corrected chi connectivity index (χ3v) is 2.99. The molecule has 0 aliphatic heterocycles. The van der Waals surface area contributed by atoms with Crippen LogP contribution in [0.2, 0.25) is 0 Å². The Morgan fingerprint density at radius 2 is 2.00 bits per heavy atom. The first-order valence-electron chi connectivity index (χ1n) is 4.06. The highest BCUT2D eigenvalue weighted by atomic mass is 32.2. The Morgan fingerprint density at radius 3 is 2.35 bits per heavy atom. The Hall–Kier alpha value is -2.03. The van der Waals surface area contributed by atoms with Crippen molar-refractivity contribution in [3.8, 4) is 0 Å². The zero-order chi connectivity index (χ0) is 13.4. The lowest BCUT2D eigenvalue weighted by Crippen LogP contribution is -2.08. The number of carboxylic acids is 1. The van der Waals surface area contributed by atoms with Gasteiger partial charge in [0, 0.05) is 6.26 Å². The molecule has 0 spiro atoms. The van der Waals surface area contributed by atoms with Crippen LogP contribution in [-0.4, -0.2) is 30.7 Å². The van der Waals surface area contributed by atoms with Gasteiger partial charge >= 0.3 is 5.97 Å². The number of carboxylic acid groups (broad SMARTS) is 1. The summed E-state index contributed by atoms with van der Waals surface area (Å²) >= 11 is 0. The lowest BCUT2D eigenvalue weighted by molar-refractivity contribution is -0.385. The maximum absolute atomic E-state index is 13.3. The van der Waals surface area contributed by atoms with Crippen molar-refractivity contribution in [1.82, 2.24) is 0 Å². The third-order valence-electron chi connectivity index (χ3n) is 1.88. The SMILES string of the molecule is CS(=O)(=O)c1cc(C(=O)O)c([N+](=O)[O-])cc1F. The van der Waals surface area contributed by atoms with Crippen molar-refractivity contribution in [2.75, 3.05) is 6.26 Å². The molecule has 0 radical (unpaired) electrons. The Labute approximate surface area is 94.6 Å². The minimum Gasteiger partial charge on any atom is -0.477 e. The van der Waals surface area contributed by atoms with E-state index in [1.54, 1.807) is 0 Å². The van der Waals surface area contributed by atoms with Crippen molar-refractivity contribution < 1.29 is 27.6 Å². The minimum absolute atomic E-state index is 0.278. The number of aromatic carboxylic acids is 1. The van der Waals surface area contributed by atoms with Crippen molar-refractivity contribution >= 4 is 21.5 Å². The number of hydrogen-bond acceptors (Lipinski definition) is 5. The topological polar surface area (TPSA) is 115 Å². The molecule has 1 N–H and O–H groups in total. The van der Waals surface area contributed by atoms with E-state index in [9.17, 15) is 27.7 Å². The van der Waals surface area contributed by atoms with Gasteiger partial charge in [-0.3, -0.25) is 10.1 Å². The van der Waals surface area contributed by atoms with E-state index in [0.29, 0.717) is 12.3 Å². The summed E-state index contributed by atoms with van der Waals surface area (Å²) in [5.41, 5.74) is -1.88. The number of nitrogens with zero attached hydrogens (tertiary/aromatic N) is 1. The van der Waals surface area contributed by atoms with Gasteiger partial charge in [-0.1, -0.05) is 0 Å². The molecule has 7 nitrogen and oxygen atoms in total. The maximum atomic E-state index is 13.3. The van der Waals surface area contributed by atoms with Crippen LogP contribution in [0.15, 0.2) is 17.0 Å². The molecule has 0 aromatic heterocycles. The van der Waals surface area contributed by atoms with Crippen LogP contribution in [-0.2, 0) is 9.84 Å². The van der Waals surface area contributed by atoms with Gasteiger partial charge in [0.25, 0.3) is 5.69 Å². The summed E-state index contributed by atoms with van der Waals surface area (Å²) in [6.07, 6.45) is 0.670. The number of benzene rings is 1. The molecule has 0 aliphatic rings. The van der Waals surface area contributed by atoms with Gasteiger partial charge in [-0.2, -0.15) is 0 Å². The van der Waals surface area contributed by atoms with E-state index in [0.717, 1.165) is 0 Å². The molecular weight excluding hydrogens is 257 g/mol. The van der Waals surface area contributed by atoms with Crippen molar-refractivity contribution in [1.29, 1.82) is 0 Å². The average Bonchev–Trinajstić information content (AvgIpc) is 2.14. The van der Waals surface area contributed by atoms with Crippen LogP contribution in [0.4, 0.5) is 10.1 Å². The quantitative estimate of drug-likeness (QED) is 0.638. The molecule has 0 bridgehead atoms. The zero-order valence-electron chi connectivity index (χ0n) is 8.38. The molecule has 0 aliphatic carbocycles. The standard InChI is InChI=1S/C8H6FNO6S/c1-17(15,16)7-2-4(8(11)12)6(10(13)14)3-5(7)9/h2-3H,1H3,(H,11,12). The summed E-state index contributed by atoms with van der Waals surface area (Å²) in [5.74, 6) is -3.06. The molecule has 1 aromatic carbocycles. The molecule has 0 amide bonds. The fraction of sp³-hybridized carbons (Fsp3) is 0.125. The normalized spacial score (nSPS) is 11.2. The summed E-state index contributed by atoms with van der Waals surface area (Å²) in [7, 11) is -3.99. The van der Waals surface area contributed by atoms with Crippen LogP contribution in [0.3, 0.4) is 0 Å². The number of hydrogen-bond donors (Lipinski definition) is 1. The Morgan fingerprint density at radius 1 is 1.47 bits per heavy atom. The molecule has 0 heterocycles. The molecule has 1 rings (SSSR count). The molecule has 1 aromatic rings. The number of sulfone groups is 1. The van der Waals surface area contributed by atoms with Crippen LogP contribution in [0.1, 0.15) is 10.4 Å². The number of nitro groups is 1. The van der Waals surface area contributed by atoms with Gasteiger partial charge in [0.05, 0.1) is 11.0 Å². The van der Waals surface area contributed by atoms with Gasteiger partial charge in [-0.25, -0.2) is 17.6 Å². The number of halogens is 1. The molecule has 0 unspecified atom stereocenters. The molecule has 17 heavy (non-hydrogen) atoms. The highest BCUT2D eigenvalue weighted by Crippen LogP contribution is 2.25. The summed E-state index contributed by atoms with van der Waals surface area (Å²) in [5, 5.41) is 19.1. The molecule has 92 valence electrons. The fourth-order valence-corrected chi connectivity index (χ4v) is 1.89. The minimum atomic E-state index is -3.99. The first kappa shape index (κ1) is 13.0. The van der Waals surface area contributed by atoms with Crippen molar-refractivity contribution in [3.63, 3.8) is 0 Å². The monoisotopic (exact) mass is 263 g/mol. The van der Waals surface area contributed by atoms with Crippen molar-refractivity contribution in [3.05, 3.63) is 33.6 Å². The van der Waals surface area contributed by atoms with E-state index in [1.807, 2.05) is 0 Å². The number of nitro benzene ring substituents is 1. The van der Waals surface area contributed by atoms with Gasteiger partial charge in [-0.15, -0.1) is 0 Å². The highest BCUT2D eigenvalue weighted by Gasteiger charge is 2.26. The van der Waals surface area contributed by atoms with Crippen molar-refractivity contribution in [2.45, 2.75) is 4.90 Å². The third kappa shape index (κ3) is 2.56. The van der Waals surface area contributed by atoms with E-state index in [4.69, 9.17) is 5.11 Å². The van der Waals surface area contributed by atoms with Gasteiger partial charge in [0.1, 0.15) is 16.3 Å². The lowest BCUT2D eigenvalue weighted by Gasteiger charge is -2.03. The van der Waals surface area contributed by atoms with Gasteiger partial charge < -0.3 is 5.11 Å². The molecule has 9 heteroatoms. The summed E-state index contributed by atoms with van der Waals surface area (Å²) in [6.45, 7) is 0. The van der Waals surface area contributed by atoms with Crippen LogP contribution < -0.4 is 0 Å². The second-order valence-electron chi connectivity index (χ2n) is 3.13. The van der Waals surface area contributed by atoms with Gasteiger partial charge in [0.2, 0.25) is 0 Å². The average molecular weight is 263 g/mol. The first-order valence-corrected chi connectivity index (χ1v) is 5.95. The fourth-order valence-electron chi connectivity index (χ4n) is 1.15. The largest absolute Gasteiger partial charge is 0.477 e. The molecule has 0 saturated carbocycles. The van der Waals surface area contributed by atoms with E-state index in [-0.39, 0.29) is 6.07 Å². The van der Waals surface area contributed by atoms with E-state index >= 15 is 0 Å². The number of rotatable bonds is 3. The van der Waals surface area contributed by atoms with Gasteiger partial charge in [-0.05, 0) is 6.07 Å². The predicted octanol–water partition coefficient (Wildman–Crippen LogP) is 0.836. The van der Waals surface area contributed by atoms with Crippen LogP contribution in [0, 0.1) is 15.9 Å². The second kappa shape index (κ2) is 4.09. The molecule has 0 atom stereocenters. The predicted molar refractivity (Wildman–Crippen MR) is 53.1 cm³/mol. The van der Waals surface area contributed by atoms with Crippen molar-refractivity contribution in [2.24, 2.45) is 0 Å². The summed E-state index contributed by atoms with van der Waals surface area (Å²) < 4.78 is 35.5. The lowest BCUT2D eigenvalue weighted by atomic mass is 10.2. The van der Waals surface area contributed by atoms with E-state index in [1.165, 1.54) is 0 Å². The Bertz CT molecular complexity index is 609. The maximum Gasteiger partial charge on any atom is 0.342 e. The van der Waals surface area contributed by atoms with Crippen LogP contribution >= 0.6 is 0 Å². The van der Waals surface area contributed by atoms with E-state index in [2.05, 4.69) is 0 Å². The van der Waals surface area contributed by atoms with Crippen LogP contribution in [0.5, 0.6) is 0 Å². The van der Waals surface area contributed by atoms with Gasteiger partial charge in [0.15, 0.2) is 9.84 Å². The second-order valence-corrected chi connectivity index (χ2v) is 5.12. The number of carbonyl (C=O) groups is 1. The van der Waals surface area contributed by atoms with Crippen LogP contribution in [0.25, 0.3) is 0 Å². The zero-order valence-corrected chi connectivity index (χ0v) is 9.19. The molecular formula is C8H6FNO6S. The summed E-state index contributed by atoms with van der Waals surface area (Å²) in [4.78, 5) is 19.2.